The molecule has 2 rings (SSSR count). The van der Waals surface area contributed by atoms with Crippen molar-refractivity contribution in [2.24, 2.45) is 5.92 Å². The minimum absolute atomic E-state index is 0.0187. The molecule has 6 heteroatoms. The van der Waals surface area contributed by atoms with Gasteiger partial charge < -0.3 is 15.0 Å². The van der Waals surface area contributed by atoms with Crippen LogP contribution in [0.4, 0.5) is 4.39 Å². The normalized spacial score (nSPS) is 19.1. The molecule has 1 saturated heterocycles. The molecule has 1 aromatic rings. The molecule has 22 heavy (non-hydrogen) atoms. The van der Waals surface area contributed by atoms with E-state index in [1.165, 1.54) is 6.07 Å². The summed E-state index contributed by atoms with van der Waals surface area (Å²) >= 11 is 0. The number of likely N-dealkylation sites (tertiary alicyclic amines) is 1. The van der Waals surface area contributed by atoms with Crippen molar-refractivity contribution in [3.8, 4) is 5.75 Å². The van der Waals surface area contributed by atoms with E-state index in [0.717, 1.165) is 0 Å². The van der Waals surface area contributed by atoms with Gasteiger partial charge in [-0.05, 0) is 18.6 Å². The average molecular weight is 308 g/mol. The van der Waals surface area contributed by atoms with Crippen LogP contribution in [0.1, 0.15) is 19.8 Å². The van der Waals surface area contributed by atoms with Crippen LogP contribution < -0.4 is 10.1 Å². The van der Waals surface area contributed by atoms with Crippen LogP contribution in [0.2, 0.25) is 0 Å². The highest BCUT2D eigenvalue weighted by atomic mass is 19.1. The van der Waals surface area contributed by atoms with Gasteiger partial charge in [0.05, 0.1) is 12.5 Å². The summed E-state index contributed by atoms with van der Waals surface area (Å²) in [5.74, 6) is -0.735. The van der Waals surface area contributed by atoms with Crippen LogP contribution >= 0.6 is 0 Å². The Bertz CT molecular complexity index is 550. The third kappa shape index (κ3) is 3.96. The van der Waals surface area contributed by atoms with E-state index in [4.69, 9.17) is 4.74 Å². The molecule has 0 aromatic heterocycles. The van der Waals surface area contributed by atoms with Crippen LogP contribution in [0, 0.1) is 11.7 Å². The van der Waals surface area contributed by atoms with Crippen LogP contribution in [0.3, 0.4) is 0 Å². The summed E-state index contributed by atoms with van der Waals surface area (Å²) < 4.78 is 19.1. The first-order chi connectivity index (χ1) is 10.5. The van der Waals surface area contributed by atoms with Gasteiger partial charge in [0.2, 0.25) is 11.8 Å². The van der Waals surface area contributed by atoms with Crippen molar-refractivity contribution in [1.29, 1.82) is 0 Å². The summed E-state index contributed by atoms with van der Waals surface area (Å²) in [5, 5.41) is 2.79. The van der Waals surface area contributed by atoms with Gasteiger partial charge in [-0.3, -0.25) is 9.59 Å². The molecule has 1 fully saturated rings. The monoisotopic (exact) mass is 308 g/mol. The Kier molecular flexibility index (Phi) is 5.35. The van der Waals surface area contributed by atoms with Gasteiger partial charge in [0.15, 0.2) is 11.6 Å². The molecule has 5 nitrogen and oxygen atoms in total. The van der Waals surface area contributed by atoms with Gasteiger partial charge in [-0.15, -0.1) is 0 Å². The summed E-state index contributed by atoms with van der Waals surface area (Å²) in [6.07, 6.45) is 0.571. The molecule has 2 atom stereocenters. The number of para-hydroxylation sites is 1. The summed E-state index contributed by atoms with van der Waals surface area (Å²) in [7, 11) is 1.69. The minimum atomic E-state index is -0.421. The van der Waals surface area contributed by atoms with E-state index >= 15 is 0 Å². The maximum atomic E-state index is 13.6. The zero-order chi connectivity index (χ0) is 16.1. The number of nitrogens with one attached hydrogen (secondary N) is 1. The molecule has 1 N–H and O–H groups in total. The Labute approximate surface area is 129 Å². The van der Waals surface area contributed by atoms with Crippen molar-refractivity contribution >= 4 is 11.8 Å². The highest BCUT2D eigenvalue weighted by Gasteiger charge is 2.32. The predicted octanol–water partition coefficient (Wildman–Crippen LogP) is 1.58. The smallest absolute Gasteiger partial charge is 0.225 e. The molecule has 1 aromatic carbocycles. The number of nitrogens with zero attached hydrogens (tertiary/aromatic N) is 1. The summed E-state index contributed by atoms with van der Waals surface area (Å²) in [6.45, 7) is 2.64. The maximum absolute atomic E-state index is 13.6. The molecule has 0 unspecified atom stereocenters. The first-order valence-electron chi connectivity index (χ1n) is 7.44. The Morgan fingerprint density at radius 2 is 2.23 bits per heavy atom. The molecule has 1 aliphatic heterocycles. The molecule has 2 amide bonds. The first kappa shape index (κ1) is 16.3. The fourth-order valence-corrected chi connectivity index (χ4v) is 2.39. The van der Waals surface area contributed by atoms with Crippen molar-refractivity contribution in [2.45, 2.75) is 25.9 Å². The Balaban J connectivity index is 1.85. The largest absolute Gasteiger partial charge is 0.486 e. The Hall–Kier alpha value is -2.11. The first-order valence-corrected chi connectivity index (χ1v) is 7.44. The van der Waals surface area contributed by atoms with Crippen LogP contribution in [0.25, 0.3) is 0 Å². The molecular weight excluding hydrogens is 287 g/mol. The van der Waals surface area contributed by atoms with Crippen molar-refractivity contribution in [3.63, 3.8) is 0 Å². The molecular formula is C16H21FN2O3. The van der Waals surface area contributed by atoms with Crippen molar-refractivity contribution in [3.05, 3.63) is 30.1 Å². The van der Waals surface area contributed by atoms with Crippen LogP contribution in [-0.2, 0) is 9.59 Å². The minimum Gasteiger partial charge on any atom is -0.486 e. The topological polar surface area (TPSA) is 58.6 Å². The second-order valence-corrected chi connectivity index (χ2v) is 5.50. The Morgan fingerprint density at radius 1 is 1.50 bits per heavy atom. The quantitative estimate of drug-likeness (QED) is 0.868. The fraction of sp³-hybridized carbons (Fsp3) is 0.500. The Morgan fingerprint density at radius 3 is 2.82 bits per heavy atom. The number of halogens is 1. The SMILES string of the molecule is CC[C@@H](CNC(=O)[C@H]1CC(=O)N(C)C1)Oc1ccccc1F. The number of carbonyl (C=O) groups excluding carboxylic acids is 2. The van der Waals surface area contributed by atoms with Crippen molar-refractivity contribution in [1.82, 2.24) is 10.2 Å². The average Bonchev–Trinajstić information content (AvgIpc) is 2.84. The number of benzene rings is 1. The number of carbonyl (C=O) groups is 2. The van der Waals surface area contributed by atoms with Crippen LogP contribution in [0.15, 0.2) is 24.3 Å². The van der Waals surface area contributed by atoms with E-state index in [9.17, 15) is 14.0 Å². The molecule has 0 saturated carbocycles. The second-order valence-electron chi connectivity index (χ2n) is 5.50. The van der Waals surface area contributed by atoms with Gasteiger partial charge in [-0.2, -0.15) is 0 Å². The van der Waals surface area contributed by atoms with Gasteiger partial charge in [0, 0.05) is 20.0 Å². The van der Waals surface area contributed by atoms with E-state index in [0.29, 0.717) is 13.0 Å². The molecule has 0 spiro atoms. The zero-order valence-electron chi connectivity index (χ0n) is 12.8. The lowest BCUT2D eigenvalue weighted by molar-refractivity contribution is -0.128. The van der Waals surface area contributed by atoms with E-state index < -0.39 is 5.82 Å². The maximum Gasteiger partial charge on any atom is 0.225 e. The molecule has 120 valence electrons. The van der Waals surface area contributed by atoms with Gasteiger partial charge in [-0.25, -0.2) is 4.39 Å². The molecule has 1 heterocycles. The summed E-state index contributed by atoms with van der Waals surface area (Å²) in [6, 6.07) is 6.19. The number of hydrogen-bond acceptors (Lipinski definition) is 3. The molecule has 0 aliphatic carbocycles. The van der Waals surface area contributed by atoms with Gasteiger partial charge >= 0.3 is 0 Å². The predicted molar refractivity (Wildman–Crippen MR) is 79.9 cm³/mol. The standard InChI is InChI=1S/C16H21FN2O3/c1-3-12(22-14-7-5-4-6-13(14)17)9-18-16(21)11-8-15(20)19(2)10-11/h4-7,11-12H,3,8-10H2,1-2H3,(H,18,21)/t11-,12-/m0/s1. The van der Waals surface area contributed by atoms with E-state index in [2.05, 4.69) is 5.32 Å². The summed E-state index contributed by atoms with van der Waals surface area (Å²) in [4.78, 5) is 25.1. The van der Waals surface area contributed by atoms with E-state index in [1.807, 2.05) is 6.92 Å². The second kappa shape index (κ2) is 7.24. The number of amides is 2. The summed E-state index contributed by atoms with van der Waals surface area (Å²) in [5.41, 5.74) is 0. The molecule has 0 bridgehead atoms. The van der Waals surface area contributed by atoms with Gasteiger partial charge in [0.25, 0.3) is 0 Å². The van der Waals surface area contributed by atoms with E-state index in [1.54, 1.807) is 30.1 Å². The highest BCUT2D eigenvalue weighted by molar-refractivity contribution is 5.89. The molecule has 1 aliphatic rings. The number of ether oxygens (including phenoxy) is 1. The van der Waals surface area contributed by atoms with Gasteiger partial charge in [-0.1, -0.05) is 19.1 Å². The number of rotatable bonds is 6. The lowest BCUT2D eigenvalue weighted by atomic mass is 10.1. The zero-order valence-corrected chi connectivity index (χ0v) is 12.8. The lowest BCUT2D eigenvalue weighted by Gasteiger charge is -2.19. The third-order valence-electron chi connectivity index (χ3n) is 3.80. The lowest BCUT2D eigenvalue weighted by Crippen LogP contribution is -2.39. The van der Waals surface area contributed by atoms with Crippen LogP contribution in [0.5, 0.6) is 5.75 Å². The number of hydrogen-bond donors (Lipinski definition) is 1. The fourth-order valence-electron chi connectivity index (χ4n) is 2.39. The van der Waals surface area contributed by atoms with Gasteiger partial charge in [0.1, 0.15) is 6.10 Å². The van der Waals surface area contributed by atoms with Crippen molar-refractivity contribution < 1.29 is 18.7 Å². The third-order valence-corrected chi connectivity index (χ3v) is 3.80. The van der Waals surface area contributed by atoms with Crippen LogP contribution in [-0.4, -0.2) is 43.0 Å². The molecule has 0 radical (unpaired) electrons. The van der Waals surface area contributed by atoms with E-state index in [-0.39, 0.29) is 42.6 Å². The van der Waals surface area contributed by atoms with Crippen molar-refractivity contribution in [2.75, 3.05) is 20.1 Å². The highest BCUT2D eigenvalue weighted by Crippen LogP contribution is 2.18.